The number of nitrogens with zero attached hydrogens (tertiary/aromatic N) is 1. The normalized spacial score (nSPS) is 17.0. The lowest BCUT2D eigenvalue weighted by atomic mass is 9.94. The summed E-state index contributed by atoms with van der Waals surface area (Å²) in [7, 11) is 3.11. The zero-order chi connectivity index (χ0) is 19.7. The molecule has 4 nitrogen and oxygen atoms in total. The molecule has 0 N–H and O–H groups in total. The number of halogens is 1. The van der Waals surface area contributed by atoms with E-state index in [0.29, 0.717) is 29.7 Å². The molecule has 5 heteroatoms. The highest BCUT2D eigenvalue weighted by molar-refractivity contribution is 5.99. The summed E-state index contributed by atoms with van der Waals surface area (Å²) >= 11 is 0. The van der Waals surface area contributed by atoms with Gasteiger partial charge < -0.3 is 14.4 Å². The van der Waals surface area contributed by atoms with Gasteiger partial charge in [-0.15, -0.1) is 0 Å². The molecule has 1 aliphatic heterocycles. The predicted molar refractivity (Wildman–Crippen MR) is 105 cm³/mol. The van der Waals surface area contributed by atoms with Crippen LogP contribution in [0.2, 0.25) is 0 Å². The number of ether oxygens (including phenoxy) is 2. The summed E-state index contributed by atoms with van der Waals surface area (Å²) in [4.78, 5) is 14.9. The molecule has 4 rings (SSSR count). The topological polar surface area (TPSA) is 38.8 Å². The summed E-state index contributed by atoms with van der Waals surface area (Å²) in [5.41, 5.74) is 2.68. The number of carbonyl (C=O) groups is 1. The van der Waals surface area contributed by atoms with Gasteiger partial charge in [-0.3, -0.25) is 4.79 Å². The lowest BCUT2D eigenvalue weighted by Gasteiger charge is -2.30. The highest BCUT2D eigenvalue weighted by atomic mass is 19.1. The maximum Gasteiger partial charge on any atom is 0.254 e. The van der Waals surface area contributed by atoms with Crippen LogP contribution in [0.4, 0.5) is 4.39 Å². The van der Waals surface area contributed by atoms with Crippen molar-refractivity contribution < 1.29 is 18.7 Å². The number of hydrogen-bond acceptors (Lipinski definition) is 3. The molecule has 1 amide bonds. The third-order valence-corrected chi connectivity index (χ3v) is 5.99. The monoisotopic (exact) mass is 383 g/mol. The van der Waals surface area contributed by atoms with Crippen LogP contribution >= 0.6 is 0 Å². The number of hydrogen-bond donors (Lipinski definition) is 0. The van der Waals surface area contributed by atoms with Gasteiger partial charge in [-0.05, 0) is 36.6 Å². The molecule has 2 aromatic carbocycles. The quantitative estimate of drug-likeness (QED) is 0.750. The third kappa shape index (κ3) is 3.34. The van der Waals surface area contributed by atoms with Crippen molar-refractivity contribution in [2.75, 3.05) is 14.2 Å². The lowest BCUT2D eigenvalue weighted by molar-refractivity contribution is 0.0659. The highest BCUT2D eigenvalue weighted by Crippen LogP contribution is 2.38. The van der Waals surface area contributed by atoms with Crippen molar-refractivity contribution in [3.8, 4) is 11.5 Å². The molecule has 1 saturated carbocycles. The molecule has 0 spiro atoms. The van der Waals surface area contributed by atoms with Crippen LogP contribution < -0.4 is 9.47 Å². The second kappa shape index (κ2) is 7.82. The second-order valence-electron chi connectivity index (χ2n) is 7.66. The van der Waals surface area contributed by atoms with Crippen molar-refractivity contribution in [2.45, 2.75) is 51.1 Å². The summed E-state index contributed by atoms with van der Waals surface area (Å²) in [6, 6.07) is 9.69. The van der Waals surface area contributed by atoms with Gasteiger partial charge in [-0.2, -0.15) is 0 Å². The van der Waals surface area contributed by atoms with E-state index in [4.69, 9.17) is 9.47 Å². The molecule has 0 bridgehead atoms. The Bertz CT molecular complexity index is 872. The molecule has 2 aliphatic rings. The van der Waals surface area contributed by atoms with Crippen LogP contribution in [-0.4, -0.2) is 31.1 Å². The van der Waals surface area contributed by atoms with Crippen molar-refractivity contribution in [3.63, 3.8) is 0 Å². The zero-order valence-corrected chi connectivity index (χ0v) is 16.5. The molecule has 1 heterocycles. The maximum atomic E-state index is 15.2. The Hall–Kier alpha value is -2.56. The van der Waals surface area contributed by atoms with Gasteiger partial charge in [0.25, 0.3) is 5.91 Å². The number of rotatable bonds is 5. The summed E-state index contributed by atoms with van der Waals surface area (Å²) in [6.45, 7) is 0.351. The van der Waals surface area contributed by atoms with Gasteiger partial charge in [0.1, 0.15) is 5.75 Å². The molecule has 0 saturated heterocycles. The van der Waals surface area contributed by atoms with E-state index < -0.39 is 5.82 Å². The fraction of sp³-hybridized carbons (Fsp3) is 0.435. The van der Waals surface area contributed by atoms with Crippen LogP contribution in [0.1, 0.15) is 59.2 Å². The first kappa shape index (κ1) is 18.8. The maximum absolute atomic E-state index is 15.2. The Kier molecular flexibility index (Phi) is 5.25. The molecular formula is C23H26FNO3. The summed E-state index contributed by atoms with van der Waals surface area (Å²) in [5, 5.41) is 0. The number of amides is 1. The smallest absolute Gasteiger partial charge is 0.254 e. The first-order valence-corrected chi connectivity index (χ1v) is 9.94. The van der Waals surface area contributed by atoms with Gasteiger partial charge in [-0.25, -0.2) is 4.39 Å². The molecule has 0 radical (unpaired) electrons. The van der Waals surface area contributed by atoms with Gasteiger partial charge in [0.2, 0.25) is 0 Å². The minimum Gasteiger partial charge on any atom is -0.497 e. The van der Waals surface area contributed by atoms with Gasteiger partial charge >= 0.3 is 0 Å². The number of fused-ring (bicyclic) bond motifs is 1. The molecule has 28 heavy (non-hydrogen) atoms. The van der Waals surface area contributed by atoms with Gasteiger partial charge in [0, 0.05) is 29.2 Å². The van der Waals surface area contributed by atoms with E-state index in [2.05, 4.69) is 0 Å². The van der Waals surface area contributed by atoms with E-state index in [1.54, 1.807) is 7.11 Å². The SMILES string of the molecule is COc1ccc(Cc2cc3c(c(F)c2OC)CN(C2CCCCC2)C3=O)cc1. The Labute approximate surface area is 165 Å². The highest BCUT2D eigenvalue weighted by Gasteiger charge is 2.37. The van der Waals surface area contributed by atoms with Crippen molar-refractivity contribution >= 4 is 5.91 Å². The zero-order valence-electron chi connectivity index (χ0n) is 16.5. The van der Waals surface area contributed by atoms with E-state index in [1.807, 2.05) is 35.2 Å². The van der Waals surface area contributed by atoms with Crippen molar-refractivity contribution in [1.29, 1.82) is 0 Å². The van der Waals surface area contributed by atoms with Gasteiger partial charge in [-0.1, -0.05) is 31.4 Å². The molecular weight excluding hydrogens is 357 g/mol. The number of methoxy groups -OCH3 is 2. The summed E-state index contributed by atoms with van der Waals surface area (Å²) in [5.74, 6) is 0.580. The average Bonchev–Trinajstić information content (AvgIpc) is 3.06. The second-order valence-corrected chi connectivity index (χ2v) is 7.66. The summed E-state index contributed by atoms with van der Waals surface area (Å²) in [6.07, 6.45) is 6.01. The van der Waals surface area contributed by atoms with Gasteiger partial charge in [0.15, 0.2) is 11.6 Å². The molecule has 0 unspecified atom stereocenters. The molecule has 148 valence electrons. The first-order valence-electron chi connectivity index (χ1n) is 9.94. The van der Waals surface area contributed by atoms with Crippen LogP contribution in [0, 0.1) is 5.82 Å². The van der Waals surface area contributed by atoms with Crippen molar-refractivity contribution in [2.24, 2.45) is 0 Å². The Morgan fingerprint density at radius 1 is 1.07 bits per heavy atom. The van der Waals surface area contributed by atoms with E-state index in [9.17, 15) is 4.79 Å². The van der Waals surface area contributed by atoms with Crippen LogP contribution in [-0.2, 0) is 13.0 Å². The largest absolute Gasteiger partial charge is 0.497 e. The van der Waals surface area contributed by atoms with Crippen LogP contribution in [0.3, 0.4) is 0 Å². The molecule has 1 fully saturated rings. The average molecular weight is 383 g/mol. The Balaban J connectivity index is 1.65. The lowest BCUT2D eigenvalue weighted by Crippen LogP contribution is -2.36. The summed E-state index contributed by atoms with van der Waals surface area (Å²) < 4.78 is 25.8. The molecule has 0 aromatic heterocycles. The van der Waals surface area contributed by atoms with E-state index in [0.717, 1.165) is 37.0 Å². The van der Waals surface area contributed by atoms with E-state index in [1.165, 1.54) is 13.5 Å². The molecule has 0 atom stereocenters. The van der Waals surface area contributed by atoms with Crippen LogP contribution in [0.15, 0.2) is 30.3 Å². The van der Waals surface area contributed by atoms with E-state index in [-0.39, 0.29) is 17.7 Å². The van der Waals surface area contributed by atoms with Gasteiger partial charge in [0.05, 0.1) is 20.8 Å². The third-order valence-electron chi connectivity index (χ3n) is 5.99. The molecule has 2 aromatic rings. The molecule has 1 aliphatic carbocycles. The van der Waals surface area contributed by atoms with Crippen molar-refractivity contribution in [3.05, 3.63) is 58.4 Å². The fourth-order valence-corrected chi connectivity index (χ4v) is 4.47. The van der Waals surface area contributed by atoms with Crippen LogP contribution in [0.25, 0.3) is 0 Å². The minimum atomic E-state index is -0.393. The fourth-order valence-electron chi connectivity index (χ4n) is 4.47. The predicted octanol–water partition coefficient (Wildman–Crippen LogP) is 4.72. The number of carbonyl (C=O) groups excluding carboxylic acids is 1. The van der Waals surface area contributed by atoms with Crippen LogP contribution in [0.5, 0.6) is 11.5 Å². The first-order chi connectivity index (χ1) is 13.6. The minimum absolute atomic E-state index is 0.0422. The standard InChI is InChI=1S/C23H26FNO3/c1-27-18-10-8-15(9-11-18)12-16-13-19-20(21(24)22(16)28-2)14-25(23(19)26)17-6-4-3-5-7-17/h8-11,13,17H,3-7,12,14H2,1-2H3. The van der Waals surface area contributed by atoms with Crippen molar-refractivity contribution in [1.82, 2.24) is 4.90 Å². The Morgan fingerprint density at radius 2 is 1.79 bits per heavy atom. The number of benzene rings is 2. The Morgan fingerprint density at radius 3 is 2.43 bits per heavy atom. The van der Waals surface area contributed by atoms with E-state index >= 15 is 4.39 Å².